The Morgan fingerprint density at radius 3 is 2.45 bits per heavy atom. The van der Waals surface area contributed by atoms with E-state index < -0.39 is 24.4 Å². The Hall–Kier alpha value is -2.43. The van der Waals surface area contributed by atoms with Crippen LogP contribution in [-0.2, 0) is 6.54 Å². The number of hydrogen-bond donors (Lipinski definition) is 1. The first-order chi connectivity index (χ1) is 17.8. The van der Waals surface area contributed by atoms with Gasteiger partial charge in [0.25, 0.3) is 5.60 Å². The molecule has 1 N–H and O–H groups in total. The van der Waals surface area contributed by atoms with Gasteiger partial charge in [0.2, 0.25) is 5.82 Å². The van der Waals surface area contributed by atoms with Gasteiger partial charge in [-0.25, -0.2) is 0 Å². The predicted octanol–water partition coefficient (Wildman–Crippen LogP) is 7.15. The molecule has 2 aliphatic rings. The molecular weight excluding hydrogens is 510 g/mol. The van der Waals surface area contributed by atoms with Gasteiger partial charge < -0.3 is 5.11 Å². The molecule has 0 saturated heterocycles. The molecule has 0 unspecified atom stereocenters. The monoisotopic (exact) mass is 544 g/mol. The van der Waals surface area contributed by atoms with Crippen molar-refractivity contribution < 1.29 is 31.4 Å². The van der Waals surface area contributed by atoms with Gasteiger partial charge in [0, 0.05) is 5.56 Å². The van der Waals surface area contributed by atoms with Crippen molar-refractivity contribution in [3.8, 4) is 11.4 Å². The molecule has 0 spiro atoms. The Labute approximate surface area is 218 Å². The van der Waals surface area contributed by atoms with Crippen LogP contribution in [0.25, 0.3) is 11.4 Å². The number of aromatic nitrogens is 4. The average Bonchev–Trinajstić information content (AvgIpc) is 3.46. The lowest BCUT2D eigenvalue weighted by molar-refractivity contribution is -0.370. The number of hydrogen-bond acceptors (Lipinski definition) is 4. The van der Waals surface area contributed by atoms with E-state index in [-0.39, 0.29) is 30.1 Å². The standard InChI is InChI=1S/C27H34F6N4O/c1-18(8-6-16-25(38,26(28,29)30)27(31,32)33)21-12-13-22-19(11-7-15-24(21,22)2)14-17-37-35-23(34-36-37)20-9-4-3-5-10-20/h3-5,9-10,14,18,21-22,38H,6-8,11-13,15-17H2,1-2H3/b19-14+/t18-,21-,22+,24-/m1/s1. The molecule has 0 bridgehead atoms. The molecule has 1 aromatic heterocycles. The predicted molar refractivity (Wildman–Crippen MR) is 130 cm³/mol. The molecule has 0 aliphatic heterocycles. The van der Waals surface area contributed by atoms with E-state index in [1.54, 1.807) is 4.80 Å². The lowest BCUT2D eigenvalue weighted by Gasteiger charge is -2.44. The minimum atomic E-state index is -5.76. The van der Waals surface area contributed by atoms with Crippen LogP contribution in [0.4, 0.5) is 26.3 Å². The summed E-state index contributed by atoms with van der Waals surface area (Å²) in [6.45, 7) is 4.61. The molecule has 5 nitrogen and oxygen atoms in total. The summed E-state index contributed by atoms with van der Waals surface area (Å²) < 4.78 is 78.3. The topological polar surface area (TPSA) is 63.8 Å². The summed E-state index contributed by atoms with van der Waals surface area (Å²) in [6.07, 6.45) is -6.19. The van der Waals surface area contributed by atoms with Gasteiger partial charge in [0.15, 0.2) is 0 Å². The summed E-state index contributed by atoms with van der Waals surface area (Å²) in [6, 6.07) is 9.56. The van der Waals surface area contributed by atoms with E-state index in [2.05, 4.69) is 28.4 Å². The van der Waals surface area contributed by atoms with Crippen molar-refractivity contribution in [2.45, 2.75) is 89.7 Å². The Morgan fingerprint density at radius 1 is 1.11 bits per heavy atom. The third kappa shape index (κ3) is 5.49. The number of halogens is 6. The molecule has 1 heterocycles. The second-order valence-electron chi connectivity index (χ2n) is 11.1. The summed E-state index contributed by atoms with van der Waals surface area (Å²) in [5.74, 6) is 0.994. The van der Waals surface area contributed by atoms with Crippen molar-refractivity contribution in [3.05, 3.63) is 42.0 Å². The maximum absolute atomic E-state index is 13.0. The van der Waals surface area contributed by atoms with Crippen molar-refractivity contribution in [1.82, 2.24) is 20.2 Å². The Morgan fingerprint density at radius 2 is 1.79 bits per heavy atom. The molecule has 2 aliphatic carbocycles. The van der Waals surface area contributed by atoms with Gasteiger partial charge in [-0.15, -0.1) is 10.2 Å². The Kier molecular flexibility index (Phi) is 7.99. The quantitative estimate of drug-likeness (QED) is 0.283. The molecule has 210 valence electrons. The molecule has 4 rings (SSSR count). The van der Waals surface area contributed by atoms with Crippen molar-refractivity contribution >= 4 is 0 Å². The fraction of sp³-hybridized carbons (Fsp3) is 0.667. The highest BCUT2D eigenvalue weighted by Crippen LogP contribution is 2.60. The molecular formula is C27H34F6N4O. The third-order valence-electron chi connectivity index (χ3n) is 8.86. The maximum atomic E-state index is 13.0. The van der Waals surface area contributed by atoms with E-state index >= 15 is 0 Å². The Bertz CT molecular complexity index is 1100. The SMILES string of the molecule is C[C@H](CCCC(O)(C(F)(F)F)C(F)(F)F)[C@H]1CC[C@H]2/C(=C/Cn3nnc(-c4ccccc4)n3)CCC[C@]12C. The van der Waals surface area contributed by atoms with Crippen molar-refractivity contribution in [1.29, 1.82) is 0 Å². The zero-order chi connectivity index (χ0) is 27.8. The van der Waals surface area contributed by atoms with E-state index in [4.69, 9.17) is 0 Å². The van der Waals surface area contributed by atoms with Crippen molar-refractivity contribution in [2.24, 2.45) is 23.2 Å². The lowest BCUT2D eigenvalue weighted by atomic mass is 9.60. The maximum Gasteiger partial charge on any atom is 0.426 e. The van der Waals surface area contributed by atoms with Crippen molar-refractivity contribution in [3.63, 3.8) is 0 Å². The first-order valence-electron chi connectivity index (χ1n) is 13.1. The second-order valence-corrected chi connectivity index (χ2v) is 11.1. The number of benzene rings is 1. The van der Waals surface area contributed by atoms with Crippen LogP contribution in [0.3, 0.4) is 0 Å². The summed E-state index contributed by atoms with van der Waals surface area (Å²) in [5.41, 5.74) is -2.54. The van der Waals surface area contributed by atoms with Crippen LogP contribution in [0, 0.1) is 23.2 Å². The molecule has 11 heteroatoms. The van der Waals surface area contributed by atoms with Gasteiger partial charge in [0.05, 0.1) is 6.54 Å². The summed E-state index contributed by atoms with van der Waals surface area (Å²) in [4.78, 5) is 1.55. The first kappa shape index (κ1) is 28.6. The first-order valence-corrected chi connectivity index (χ1v) is 13.1. The van der Waals surface area contributed by atoms with E-state index in [0.717, 1.165) is 37.7 Å². The van der Waals surface area contributed by atoms with Gasteiger partial charge in [-0.05, 0) is 73.3 Å². The minimum absolute atomic E-state index is 0.0551. The number of nitrogens with zero attached hydrogens (tertiary/aromatic N) is 4. The molecule has 0 amide bonds. The largest absolute Gasteiger partial charge is 0.426 e. The zero-order valence-corrected chi connectivity index (χ0v) is 21.6. The molecule has 4 atom stereocenters. The molecule has 38 heavy (non-hydrogen) atoms. The van der Waals surface area contributed by atoms with Gasteiger partial charge >= 0.3 is 12.4 Å². The molecule has 2 fully saturated rings. The fourth-order valence-electron chi connectivity index (χ4n) is 6.81. The van der Waals surface area contributed by atoms with E-state index in [0.29, 0.717) is 18.3 Å². The number of fused-ring (bicyclic) bond motifs is 1. The second kappa shape index (κ2) is 10.6. The van der Waals surface area contributed by atoms with Crippen LogP contribution in [0.2, 0.25) is 0 Å². The van der Waals surface area contributed by atoms with E-state index in [1.807, 2.05) is 37.3 Å². The summed E-state index contributed by atoms with van der Waals surface area (Å²) in [5, 5.41) is 22.2. The van der Waals surface area contributed by atoms with Crippen molar-refractivity contribution in [2.75, 3.05) is 0 Å². The van der Waals surface area contributed by atoms with E-state index in [9.17, 15) is 31.4 Å². The van der Waals surface area contributed by atoms with Crippen LogP contribution in [-0.4, -0.2) is 43.3 Å². The zero-order valence-electron chi connectivity index (χ0n) is 21.6. The van der Waals surface area contributed by atoms with Crippen LogP contribution in [0.15, 0.2) is 42.0 Å². The van der Waals surface area contributed by atoms with Gasteiger partial charge in [0.1, 0.15) is 0 Å². The highest BCUT2D eigenvalue weighted by Gasteiger charge is 2.69. The average molecular weight is 545 g/mol. The molecule has 0 radical (unpaired) electrons. The number of tetrazole rings is 1. The third-order valence-corrected chi connectivity index (χ3v) is 8.86. The van der Waals surface area contributed by atoms with E-state index in [1.165, 1.54) is 5.57 Å². The van der Waals surface area contributed by atoms with Crippen LogP contribution >= 0.6 is 0 Å². The van der Waals surface area contributed by atoms with Gasteiger partial charge in [-0.1, -0.05) is 62.2 Å². The smallest absolute Gasteiger partial charge is 0.374 e. The minimum Gasteiger partial charge on any atom is -0.374 e. The van der Waals surface area contributed by atoms with Crippen LogP contribution in [0.5, 0.6) is 0 Å². The summed E-state index contributed by atoms with van der Waals surface area (Å²) in [7, 11) is 0. The normalized spacial score (nSPS) is 26.5. The van der Waals surface area contributed by atoms with Gasteiger partial charge in [-0.2, -0.15) is 31.1 Å². The fourth-order valence-corrected chi connectivity index (χ4v) is 6.81. The molecule has 2 saturated carbocycles. The number of allylic oxidation sites excluding steroid dienone is 2. The highest BCUT2D eigenvalue weighted by atomic mass is 19.4. The lowest BCUT2D eigenvalue weighted by Crippen LogP contribution is -2.56. The number of aliphatic hydroxyl groups is 1. The summed E-state index contributed by atoms with van der Waals surface area (Å²) >= 11 is 0. The van der Waals surface area contributed by atoms with Crippen LogP contribution < -0.4 is 0 Å². The van der Waals surface area contributed by atoms with Crippen LogP contribution in [0.1, 0.15) is 65.2 Å². The molecule has 1 aromatic carbocycles. The number of rotatable bonds is 8. The van der Waals surface area contributed by atoms with Gasteiger partial charge in [-0.3, -0.25) is 0 Å². The highest BCUT2D eigenvalue weighted by molar-refractivity contribution is 5.52. The molecule has 2 aromatic rings. The Balaban J connectivity index is 1.39. The number of alkyl halides is 6.